The Morgan fingerprint density at radius 3 is 2.44 bits per heavy atom. The highest BCUT2D eigenvalue weighted by atomic mass is 35.5. The molecule has 1 aliphatic rings. The quantitative estimate of drug-likeness (QED) is 0.470. The topological polar surface area (TPSA) is 49.4 Å². The van der Waals surface area contributed by atoms with E-state index in [0.29, 0.717) is 31.0 Å². The van der Waals surface area contributed by atoms with Crippen LogP contribution in [0.4, 0.5) is 0 Å². The zero-order valence-corrected chi connectivity index (χ0v) is 19.6. The third-order valence-corrected chi connectivity index (χ3v) is 6.22. The van der Waals surface area contributed by atoms with Gasteiger partial charge in [-0.15, -0.1) is 0 Å². The van der Waals surface area contributed by atoms with Gasteiger partial charge in [-0.25, -0.2) is 0 Å². The van der Waals surface area contributed by atoms with Crippen molar-refractivity contribution in [2.45, 2.75) is 64.5 Å². The molecule has 2 amide bonds. The summed E-state index contributed by atoms with van der Waals surface area (Å²) in [5, 5.41) is 3.76. The Bertz CT molecular complexity index is 909. The summed E-state index contributed by atoms with van der Waals surface area (Å²) in [4.78, 5) is 28.0. The molecule has 1 atom stereocenters. The molecule has 2 aromatic carbocycles. The summed E-state index contributed by atoms with van der Waals surface area (Å²) >= 11 is 6.03. The van der Waals surface area contributed by atoms with Gasteiger partial charge in [0.2, 0.25) is 11.8 Å². The molecule has 2 aromatic rings. The van der Waals surface area contributed by atoms with Crippen molar-refractivity contribution in [3.63, 3.8) is 0 Å². The average molecular weight is 453 g/mol. The highest BCUT2D eigenvalue weighted by molar-refractivity contribution is 6.30. The second-order valence-corrected chi connectivity index (χ2v) is 8.79. The fourth-order valence-electron chi connectivity index (χ4n) is 4.14. The molecule has 32 heavy (non-hydrogen) atoms. The van der Waals surface area contributed by atoms with Crippen LogP contribution in [0.3, 0.4) is 0 Å². The normalized spacial score (nSPS) is 14.4. The zero-order chi connectivity index (χ0) is 22.8. The van der Waals surface area contributed by atoms with Crippen LogP contribution in [0, 0.1) is 0 Å². The second-order valence-electron chi connectivity index (χ2n) is 8.36. The number of hydrogen-bond donors (Lipinski definition) is 1. The van der Waals surface area contributed by atoms with E-state index in [0.717, 1.165) is 30.4 Å². The lowest BCUT2D eigenvalue weighted by Gasteiger charge is -2.31. The van der Waals surface area contributed by atoms with Crippen LogP contribution in [-0.4, -0.2) is 29.3 Å². The Kier molecular flexibility index (Phi) is 9.36. The molecule has 0 heterocycles. The molecular weight excluding hydrogens is 420 g/mol. The molecule has 0 fully saturated rings. The number of nitrogens with zero attached hydrogens (tertiary/aromatic N) is 1. The fraction of sp³-hybridized carbons (Fsp3) is 0.407. The van der Waals surface area contributed by atoms with Crippen LogP contribution < -0.4 is 5.32 Å². The standard InChI is InChI=1S/C27H33ClN2O2/c1-2-26(31)30(20-23-13-15-24(28)16-14-23)25(19-22-11-7-4-8-12-22)27(32)29-18-17-21-9-5-3-6-10-21/h4,7-9,11-16,25H,2-3,5-6,10,17-20H2,1H3,(H,29,32)/t25-/m0/s1. The van der Waals surface area contributed by atoms with Crippen LogP contribution in [0.15, 0.2) is 66.2 Å². The number of hydrogen-bond acceptors (Lipinski definition) is 2. The predicted octanol–water partition coefficient (Wildman–Crippen LogP) is 5.70. The zero-order valence-electron chi connectivity index (χ0n) is 18.9. The molecule has 0 spiro atoms. The van der Waals surface area contributed by atoms with Crippen molar-refractivity contribution in [3.8, 4) is 0 Å². The molecule has 0 saturated heterocycles. The number of carbonyl (C=O) groups excluding carboxylic acids is 2. The summed E-state index contributed by atoms with van der Waals surface area (Å²) in [5.41, 5.74) is 3.42. The SMILES string of the molecule is CCC(=O)N(Cc1ccc(Cl)cc1)[C@@H](Cc1ccccc1)C(=O)NCCC1=CCCCC1. The summed E-state index contributed by atoms with van der Waals surface area (Å²) < 4.78 is 0. The summed E-state index contributed by atoms with van der Waals surface area (Å²) in [6.45, 7) is 2.81. The number of carbonyl (C=O) groups is 2. The molecule has 0 bridgehead atoms. The molecule has 0 unspecified atom stereocenters. The first-order chi connectivity index (χ1) is 15.6. The van der Waals surface area contributed by atoms with Gasteiger partial charge in [0.05, 0.1) is 0 Å². The highest BCUT2D eigenvalue weighted by Gasteiger charge is 2.29. The number of amides is 2. The Labute approximate surface area is 196 Å². The van der Waals surface area contributed by atoms with E-state index in [-0.39, 0.29) is 11.8 Å². The van der Waals surface area contributed by atoms with Gasteiger partial charge in [-0.3, -0.25) is 9.59 Å². The molecule has 0 radical (unpaired) electrons. The summed E-state index contributed by atoms with van der Waals surface area (Å²) in [7, 11) is 0. The first-order valence-electron chi connectivity index (χ1n) is 11.6. The first kappa shape index (κ1) is 24.1. The molecule has 170 valence electrons. The van der Waals surface area contributed by atoms with Crippen molar-refractivity contribution in [1.29, 1.82) is 0 Å². The predicted molar refractivity (Wildman–Crippen MR) is 130 cm³/mol. The van der Waals surface area contributed by atoms with Crippen molar-refractivity contribution in [2.24, 2.45) is 0 Å². The summed E-state index contributed by atoms with van der Waals surface area (Å²) in [5.74, 6) is -0.132. The average Bonchev–Trinajstić information content (AvgIpc) is 2.83. The lowest BCUT2D eigenvalue weighted by atomic mass is 9.97. The number of nitrogens with one attached hydrogen (secondary N) is 1. The Hall–Kier alpha value is -2.59. The van der Waals surface area contributed by atoms with Crippen LogP contribution in [0.25, 0.3) is 0 Å². The molecule has 1 aliphatic carbocycles. The van der Waals surface area contributed by atoms with Crippen molar-refractivity contribution >= 4 is 23.4 Å². The lowest BCUT2D eigenvalue weighted by Crippen LogP contribution is -2.50. The van der Waals surface area contributed by atoms with E-state index in [1.807, 2.05) is 61.5 Å². The highest BCUT2D eigenvalue weighted by Crippen LogP contribution is 2.20. The van der Waals surface area contributed by atoms with E-state index in [2.05, 4.69) is 11.4 Å². The van der Waals surface area contributed by atoms with Crippen molar-refractivity contribution < 1.29 is 9.59 Å². The largest absolute Gasteiger partial charge is 0.354 e. The maximum Gasteiger partial charge on any atom is 0.243 e. The van der Waals surface area contributed by atoms with Crippen molar-refractivity contribution in [3.05, 3.63) is 82.4 Å². The third-order valence-electron chi connectivity index (χ3n) is 5.97. The molecule has 0 saturated carbocycles. The fourth-order valence-corrected chi connectivity index (χ4v) is 4.27. The maximum atomic E-state index is 13.3. The number of allylic oxidation sites excluding steroid dienone is 1. The van der Waals surface area contributed by atoms with Gasteiger partial charge in [0.1, 0.15) is 6.04 Å². The summed E-state index contributed by atoms with van der Waals surface area (Å²) in [6, 6.07) is 16.8. The van der Waals surface area contributed by atoms with Gasteiger partial charge in [-0.2, -0.15) is 0 Å². The number of halogens is 1. The van der Waals surface area contributed by atoms with Crippen LogP contribution in [-0.2, 0) is 22.6 Å². The first-order valence-corrected chi connectivity index (χ1v) is 12.0. The van der Waals surface area contributed by atoms with E-state index in [1.54, 1.807) is 4.90 Å². The van der Waals surface area contributed by atoms with Gasteiger partial charge < -0.3 is 10.2 Å². The van der Waals surface area contributed by atoms with Crippen LogP contribution in [0.2, 0.25) is 5.02 Å². The van der Waals surface area contributed by atoms with Gasteiger partial charge >= 0.3 is 0 Å². The van der Waals surface area contributed by atoms with E-state index in [4.69, 9.17) is 11.6 Å². The van der Waals surface area contributed by atoms with Crippen molar-refractivity contribution in [1.82, 2.24) is 10.2 Å². The second kappa shape index (κ2) is 12.4. The molecule has 0 aliphatic heterocycles. The number of rotatable bonds is 10. The number of benzene rings is 2. The van der Waals surface area contributed by atoms with Crippen LogP contribution in [0.1, 0.15) is 56.6 Å². The molecule has 0 aromatic heterocycles. The van der Waals surface area contributed by atoms with Crippen LogP contribution >= 0.6 is 11.6 Å². The minimum absolute atomic E-state index is 0.0361. The van der Waals surface area contributed by atoms with Crippen LogP contribution in [0.5, 0.6) is 0 Å². The monoisotopic (exact) mass is 452 g/mol. The minimum atomic E-state index is -0.569. The van der Waals surface area contributed by atoms with E-state index >= 15 is 0 Å². The van der Waals surface area contributed by atoms with Gasteiger partial charge in [0.15, 0.2) is 0 Å². The van der Waals surface area contributed by atoms with Gasteiger partial charge in [-0.05, 0) is 55.4 Å². The maximum absolute atomic E-state index is 13.3. The van der Waals surface area contributed by atoms with E-state index in [9.17, 15) is 9.59 Å². The minimum Gasteiger partial charge on any atom is -0.354 e. The van der Waals surface area contributed by atoms with Gasteiger partial charge in [0.25, 0.3) is 0 Å². The molecular formula is C27H33ClN2O2. The molecule has 1 N–H and O–H groups in total. The Morgan fingerprint density at radius 1 is 1.03 bits per heavy atom. The van der Waals surface area contributed by atoms with Gasteiger partial charge in [-0.1, -0.05) is 72.6 Å². The molecule has 4 nitrogen and oxygen atoms in total. The van der Waals surface area contributed by atoms with Crippen molar-refractivity contribution in [2.75, 3.05) is 6.54 Å². The summed E-state index contributed by atoms with van der Waals surface area (Å²) in [6.07, 6.45) is 8.77. The van der Waals surface area contributed by atoms with E-state index in [1.165, 1.54) is 18.4 Å². The molecule has 3 rings (SSSR count). The third kappa shape index (κ3) is 7.23. The van der Waals surface area contributed by atoms with E-state index < -0.39 is 6.04 Å². The Morgan fingerprint density at radius 2 is 1.78 bits per heavy atom. The smallest absolute Gasteiger partial charge is 0.243 e. The Balaban J connectivity index is 1.77. The van der Waals surface area contributed by atoms with Gasteiger partial charge in [0, 0.05) is 31.0 Å². The lowest BCUT2D eigenvalue weighted by molar-refractivity contribution is -0.141. The molecule has 5 heteroatoms.